The van der Waals surface area contributed by atoms with Crippen LogP contribution in [0, 0.1) is 5.92 Å². The predicted octanol–water partition coefficient (Wildman–Crippen LogP) is 5.01. The van der Waals surface area contributed by atoms with E-state index in [2.05, 4.69) is 0 Å². The van der Waals surface area contributed by atoms with Gasteiger partial charge >= 0.3 is 0 Å². The summed E-state index contributed by atoms with van der Waals surface area (Å²) in [6.07, 6.45) is 7.54. The summed E-state index contributed by atoms with van der Waals surface area (Å²) < 4.78 is 10.7. The van der Waals surface area contributed by atoms with E-state index in [1.165, 1.54) is 0 Å². The zero-order valence-electron chi connectivity index (χ0n) is 17.0. The first-order chi connectivity index (χ1) is 15.0. The highest BCUT2D eigenvalue weighted by molar-refractivity contribution is 6.62. The number of alkyl halides is 1. The van der Waals surface area contributed by atoms with Crippen LogP contribution in [-0.4, -0.2) is 30.7 Å². The van der Waals surface area contributed by atoms with Gasteiger partial charge in [-0.2, -0.15) is 0 Å². The SMILES string of the molecule is COC1=C[C@@H]2C(=C(c3ccc(OC)cc3)C=C3c4ccccc4C(=O)C(=O)[C@]32Cl)C=C1. The largest absolute Gasteiger partial charge is 0.497 e. The quantitative estimate of drug-likeness (QED) is 0.507. The standard InChI is InChI=1S/C26H19ClO4/c1-30-16-9-7-15(8-10-16)21-14-23-18-5-3-4-6-20(18)24(28)25(29)26(23,27)22-13-17(31-2)11-12-19(21)22/h3-14,22H,1-2H3/t22-,26-/m1/s1. The van der Waals surface area contributed by atoms with E-state index in [4.69, 9.17) is 21.1 Å². The van der Waals surface area contributed by atoms with Crippen molar-refractivity contribution < 1.29 is 19.1 Å². The second kappa shape index (κ2) is 7.10. The number of allylic oxidation sites excluding steroid dienone is 7. The lowest BCUT2D eigenvalue weighted by Gasteiger charge is -2.43. The van der Waals surface area contributed by atoms with Crippen molar-refractivity contribution in [2.24, 2.45) is 5.92 Å². The number of halogens is 1. The third kappa shape index (κ3) is 2.75. The van der Waals surface area contributed by atoms with E-state index in [1.54, 1.807) is 26.4 Å². The highest BCUT2D eigenvalue weighted by Gasteiger charge is 2.56. The Morgan fingerprint density at radius 1 is 0.903 bits per heavy atom. The van der Waals surface area contributed by atoms with E-state index >= 15 is 0 Å². The molecule has 154 valence electrons. The molecule has 5 rings (SSSR count). The van der Waals surface area contributed by atoms with Crippen LogP contribution in [0.2, 0.25) is 0 Å². The van der Waals surface area contributed by atoms with Gasteiger partial charge in [0.2, 0.25) is 11.6 Å². The van der Waals surface area contributed by atoms with Gasteiger partial charge in [-0.25, -0.2) is 0 Å². The van der Waals surface area contributed by atoms with E-state index in [0.29, 0.717) is 22.5 Å². The van der Waals surface area contributed by atoms with Gasteiger partial charge in [0.15, 0.2) is 0 Å². The molecule has 2 aromatic rings. The lowest BCUT2D eigenvalue weighted by atomic mass is 9.63. The van der Waals surface area contributed by atoms with Gasteiger partial charge in [0.1, 0.15) is 16.4 Å². The maximum absolute atomic E-state index is 13.4. The number of fused-ring (bicyclic) bond motifs is 5. The van der Waals surface area contributed by atoms with E-state index in [1.807, 2.05) is 60.7 Å². The number of carbonyl (C=O) groups is 2. The van der Waals surface area contributed by atoms with E-state index < -0.39 is 22.4 Å². The predicted molar refractivity (Wildman–Crippen MR) is 120 cm³/mol. The maximum Gasteiger partial charge on any atom is 0.231 e. The lowest BCUT2D eigenvalue weighted by Crippen LogP contribution is -2.50. The third-order valence-electron chi connectivity index (χ3n) is 6.15. The minimum Gasteiger partial charge on any atom is -0.497 e. The van der Waals surface area contributed by atoms with Crippen LogP contribution in [0.5, 0.6) is 5.75 Å². The van der Waals surface area contributed by atoms with E-state index in [9.17, 15) is 9.59 Å². The fourth-order valence-corrected chi connectivity index (χ4v) is 4.99. The number of benzene rings is 2. The number of Topliss-reactive ketones (excluding diaryl/α,β-unsaturated/α-hetero) is 2. The zero-order chi connectivity index (χ0) is 21.8. The Hall–Kier alpha value is -3.37. The number of ether oxygens (including phenoxy) is 2. The van der Waals surface area contributed by atoms with Gasteiger partial charge in [0.05, 0.1) is 14.2 Å². The summed E-state index contributed by atoms with van der Waals surface area (Å²) in [6, 6.07) is 14.9. The Labute approximate surface area is 185 Å². The van der Waals surface area contributed by atoms with Crippen molar-refractivity contribution in [2.75, 3.05) is 14.2 Å². The van der Waals surface area contributed by atoms with Crippen LogP contribution in [0.3, 0.4) is 0 Å². The van der Waals surface area contributed by atoms with Gasteiger partial charge in [-0.1, -0.05) is 42.5 Å². The molecule has 0 saturated carbocycles. The Morgan fingerprint density at radius 2 is 1.61 bits per heavy atom. The minimum absolute atomic E-state index is 0.384. The second-order valence-corrected chi connectivity index (χ2v) is 8.25. The molecule has 3 aliphatic carbocycles. The molecule has 0 fully saturated rings. The molecule has 4 nitrogen and oxygen atoms in total. The van der Waals surface area contributed by atoms with Crippen LogP contribution < -0.4 is 4.74 Å². The van der Waals surface area contributed by atoms with Crippen LogP contribution in [0.1, 0.15) is 21.5 Å². The molecule has 0 amide bonds. The Bertz CT molecular complexity index is 1250. The number of carbonyl (C=O) groups excluding carboxylic acids is 2. The summed E-state index contributed by atoms with van der Waals surface area (Å²) in [7, 11) is 3.19. The Morgan fingerprint density at radius 3 is 2.29 bits per heavy atom. The number of hydrogen-bond acceptors (Lipinski definition) is 4. The number of ketones is 2. The molecule has 3 aliphatic rings. The van der Waals surface area contributed by atoms with Gasteiger partial charge in [-0.05, 0) is 58.2 Å². The highest BCUT2D eigenvalue weighted by Crippen LogP contribution is 2.54. The van der Waals surface area contributed by atoms with Crippen molar-refractivity contribution in [3.8, 4) is 5.75 Å². The topological polar surface area (TPSA) is 52.6 Å². The fraction of sp³-hybridized carbons (Fsp3) is 0.154. The van der Waals surface area contributed by atoms with Gasteiger partial charge in [0, 0.05) is 11.5 Å². The molecule has 31 heavy (non-hydrogen) atoms. The zero-order valence-corrected chi connectivity index (χ0v) is 17.8. The molecule has 0 aromatic heterocycles. The minimum atomic E-state index is -1.52. The molecule has 5 heteroatoms. The fourth-order valence-electron chi connectivity index (χ4n) is 4.57. The molecule has 0 heterocycles. The van der Waals surface area contributed by atoms with Crippen molar-refractivity contribution in [1.29, 1.82) is 0 Å². The summed E-state index contributed by atoms with van der Waals surface area (Å²) in [4.78, 5) is 24.8. The average Bonchev–Trinajstić information content (AvgIpc) is 2.82. The molecule has 2 atom stereocenters. The van der Waals surface area contributed by atoms with Crippen molar-refractivity contribution in [3.05, 3.63) is 101 Å². The van der Waals surface area contributed by atoms with Crippen molar-refractivity contribution >= 4 is 34.3 Å². The number of hydrogen-bond donors (Lipinski definition) is 0. The average molecular weight is 431 g/mol. The summed E-state index contributed by atoms with van der Waals surface area (Å²) >= 11 is 7.12. The molecular weight excluding hydrogens is 412 g/mol. The third-order valence-corrected chi connectivity index (χ3v) is 6.76. The van der Waals surface area contributed by atoms with E-state index in [-0.39, 0.29) is 0 Å². The van der Waals surface area contributed by atoms with Gasteiger partial charge in [-0.15, -0.1) is 11.6 Å². The van der Waals surface area contributed by atoms with Gasteiger partial charge in [0.25, 0.3) is 0 Å². The van der Waals surface area contributed by atoms with Crippen molar-refractivity contribution in [3.63, 3.8) is 0 Å². The second-order valence-electron chi connectivity index (χ2n) is 7.66. The summed E-state index contributed by atoms with van der Waals surface area (Å²) in [6.45, 7) is 0. The molecule has 2 aromatic carbocycles. The molecule has 0 bridgehead atoms. The molecule has 0 spiro atoms. The molecule has 0 unspecified atom stereocenters. The Balaban J connectivity index is 1.81. The van der Waals surface area contributed by atoms with Crippen molar-refractivity contribution in [1.82, 2.24) is 0 Å². The number of methoxy groups -OCH3 is 2. The molecule has 0 radical (unpaired) electrons. The lowest BCUT2D eigenvalue weighted by molar-refractivity contribution is -0.116. The summed E-state index contributed by atoms with van der Waals surface area (Å²) in [5, 5.41) is 0. The highest BCUT2D eigenvalue weighted by atomic mass is 35.5. The normalized spacial score (nSPS) is 24.0. The molecule has 0 aliphatic heterocycles. The van der Waals surface area contributed by atoms with Gasteiger partial charge in [-0.3, -0.25) is 9.59 Å². The van der Waals surface area contributed by atoms with Crippen LogP contribution in [0.25, 0.3) is 11.1 Å². The van der Waals surface area contributed by atoms with Crippen molar-refractivity contribution in [2.45, 2.75) is 4.87 Å². The first-order valence-corrected chi connectivity index (χ1v) is 10.3. The van der Waals surface area contributed by atoms with E-state index in [0.717, 1.165) is 22.5 Å². The summed E-state index contributed by atoms with van der Waals surface area (Å²) in [5.41, 5.74) is 4.48. The molecular formula is C26H19ClO4. The molecule has 0 saturated heterocycles. The maximum atomic E-state index is 13.4. The summed E-state index contributed by atoms with van der Waals surface area (Å²) in [5.74, 6) is -0.362. The smallest absolute Gasteiger partial charge is 0.231 e. The number of rotatable bonds is 3. The Kier molecular flexibility index (Phi) is 4.49. The monoisotopic (exact) mass is 430 g/mol. The van der Waals surface area contributed by atoms with Gasteiger partial charge < -0.3 is 9.47 Å². The van der Waals surface area contributed by atoms with Crippen LogP contribution in [0.15, 0.2) is 84.2 Å². The first kappa shape index (κ1) is 19.6. The van der Waals surface area contributed by atoms with Crippen LogP contribution in [-0.2, 0) is 9.53 Å². The first-order valence-electron chi connectivity index (χ1n) is 9.91. The molecule has 0 N–H and O–H groups in total. The van der Waals surface area contributed by atoms with Crippen LogP contribution >= 0.6 is 11.6 Å². The van der Waals surface area contributed by atoms with Crippen LogP contribution in [0.4, 0.5) is 0 Å².